The summed E-state index contributed by atoms with van der Waals surface area (Å²) in [7, 11) is 0. The van der Waals surface area contributed by atoms with Crippen LogP contribution in [-0.4, -0.2) is 66.4 Å². The maximum absolute atomic E-state index is 9.34. The molecule has 0 spiro atoms. The van der Waals surface area contributed by atoms with Gasteiger partial charge in [-0.1, -0.05) is 27.7 Å². The molecule has 20 heavy (non-hydrogen) atoms. The molecule has 0 unspecified atom stereocenters. The summed E-state index contributed by atoms with van der Waals surface area (Å²) in [5, 5.41) is 18.6. The number of aliphatic hydroxyl groups is 2. The fourth-order valence-corrected chi connectivity index (χ4v) is 1.85. The van der Waals surface area contributed by atoms with Gasteiger partial charge < -0.3 is 14.9 Å². The Hall–Kier alpha value is -0.200. The minimum Gasteiger partial charge on any atom is -0.381 e. The Morgan fingerprint density at radius 2 is 1.45 bits per heavy atom. The van der Waals surface area contributed by atoms with Gasteiger partial charge in [0, 0.05) is 19.6 Å². The van der Waals surface area contributed by atoms with Crippen LogP contribution in [0.5, 0.6) is 0 Å². The van der Waals surface area contributed by atoms with Gasteiger partial charge in [-0.15, -0.1) is 0 Å². The highest BCUT2D eigenvalue weighted by Crippen LogP contribution is 2.04. The number of rotatable bonds is 13. The first-order chi connectivity index (χ1) is 9.49. The quantitative estimate of drug-likeness (QED) is 0.504. The van der Waals surface area contributed by atoms with E-state index in [1.165, 1.54) is 6.42 Å². The molecular weight excluding hydrogens is 256 g/mol. The van der Waals surface area contributed by atoms with E-state index in [0.717, 1.165) is 19.5 Å². The van der Waals surface area contributed by atoms with Crippen LogP contribution < -0.4 is 0 Å². The zero-order valence-corrected chi connectivity index (χ0v) is 13.7. The standard InChI is InChI=1S/C15H34N2O3/c1-14(2)6-5-7-16(11-18)8-9-17(12-19)13-20-10-15(3)4/h14-15,18-19H,5-13H2,1-4H3. The Morgan fingerprint density at radius 3 is 1.95 bits per heavy atom. The monoisotopic (exact) mass is 290 g/mol. The number of hydrogen-bond donors (Lipinski definition) is 2. The lowest BCUT2D eigenvalue weighted by Crippen LogP contribution is -2.38. The molecule has 122 valence electrons. The van der Waals surface area contributed by atoms with Gasteiger partial charge in [0.25, 0.3) is 0 Å². The second kappa shape index (κ2) is 12.5. The third-order valence-corrected chi connectivity index (χ3v) is 3.11. The van der Waals surface area contributed by atoms with E-state index in [2.05, 4.69) is 27.7 Å². The summed E-state index contributed by atoms with van der Waals surface area (Å²) in [5.74, 6) is 1.20. The Kier molecular flexibility index (Phi) is 12.4. The van der Waals surface area contributed by atoms with Crippen molar-refractivity contribution < 1.29 is 14.9 Å². The summed E-state index contributed by atoms with van der Waals surface area (Å²) in [6.07, 6.45) is 2.28. The van der Waals surface area contributed by atoms with Gasteiger partial charge in [0.1, 0.15) is 6.73 Å². The summed E-state index contributed by atoms with van der Waals surface area (Å²) >= 11 is 0. The van der Waals surface area contributed by atoms with Gasteiger partial charge in [0.2, 0.25) is 0 Å². The van der Waals surface area contributed by atoms with Crippen molar-refractivity contribution >= 4 is 0 Å². The number of ether oxygens (including phenoxy) is 1. The van der Waals surface area contributed by atoms with Crippen LogP contribution in [0.4, 0.5) is 0 Å². The Morgan fingerprint density at radius 1 is 0.850 bits per heavy atom. The first-order valence-corrected chi connectivity index (χ1v) is 7.73. The fraction of sp³-hybridized carbons (Fsp3) is 1.00. The first-order valence-electron chi connectivity index (χ1n) is 7.73. The molecule has 0 atom stereocenters. The molecule has 0 rings (SSSR count). The highest BCUT2D eigenvalue weighted by atomic mass is 16.5. The zero-order valence-electron chi connectivity index (χ0n) is 13.7. The van der Waals surface area contributed by atoms with E-state index in [9.17, 15) is 10.2 Å². The van der Waals surface area contributed by atoms with Crippen molar-refractivity contribution in [3.8, 4) is 0 Å². The molecule has 2 N–H and O–H groups in total. The van der Waals surface area contributed by atoms with Crippen molar-refractivity contribution in [1.82, 2.24) is 9.80 Å². The van der Waals surface area contributed by atoms with E-state index in [4.69, 9.17) is 4.74 Å². The largest absolute Gasteiger partial charge is 0.381 e. The molecule has 0 heterocycles. The SMILES string of the molecule is CC(C)CCCN(CO)CCN(CO)COCC(C)C. The van der Waals surface area contributed by atoms with Crippen LogP contribution in [0.15, 0.2) is 0 Å². The van der Waals surface area contributed by atoms with Crippen LogP contribution in [-0.2, 0) is 4.74 Å². The maximum atomic E-state index is 9.34. The van der Waals surface area contributed by atoms with Gasteiger partial charge in [0.15, 0.2) is 0 Å². The second-order valence-corrected chi connectivity index (χ2v) is 6.23. The number of aliphatic hydroxyl groups excluding tert-OH is 2. The summed E-state index contributed by atoms with van der Waals surface area (Å²) in [6.45, 7) is 12.2. The molecule has 5 heteroatoms. The minimum absolute atomic E-state index is 0.0106. The zero-order chi connectivity index (χ0) is 15.4. The topological polar surface area (TPSA) is 56.2 Å². The van der Waals surface area contributed by atoms with E-state index in [1.54, 1.807) is 0 Å². The Bertz CT molecular complexity index is 191. The molecule has 0 aromatic rings. The van der Waals surface area contributed by atoms with E-state index >= 15 is 0 Å². The maximum Gasteiger partial charge on any atom is 0.101 e. The summed E-state index contributed by atoms with van der Waals surface area (Å²) in [5.41, 5.74) is 0. The minimum atomic E-state index is -0.0106. The lowest BCUT2D eigenvalue weighted by Gasteiger charge is -2.25. The van der Waals surface area contributed by atoms with Gasteiger partial charge in [-0.25, -0.2) is 0 Å². The summed E-state index contributed by atoms with van der Waals surface area (Å²) < 4.78 is 5.51. The van der Waals surface area contributed by atoms with Crippen LogP contribution in [0, 0.1) is 11.8 Å². The molecule has 0 bridgehead atoms. The van der Waals surface area contributed by atoms with Crippen molar-refractivity contribution in [3.05, 3.63) is 0 Å². The average Bonchev–Trinajstić information content (AvgIpc) is 2.39. The van der Waals surface area contributed by atoms with Crippen molar-refractivity contribution in [2.75, 3.05) is 46.4 Å². The molecule has 0 saturated carbocycles. The van der Waals surface area contributed by atoms with E-state index in [1.807, 2.05) is 9.80 Å². The van der Waals surface area contributed by atoms with Crippen molar-refractivity contribution in [3.63, 3.8) is 0 Å². The second-order valence-electron chi connectivity index (χ2n) is 6.23. The van der Waals surface area contributed by atoms with Crippen LogP contribution in [0.3, 0.4) is 0 Å². The van der Waals surface area contributed by atoms with Crippen LogP contribution in [0.1, 0.15) is 40.5 Å². The molecule has 0 aliphatic carbocycles. The lowest BCUT2D eigenvalue weighted by molar-refractivity contribution is -0.0314. The van der Waals surface area contributed by atoms with Gasteiger partial charge in [-0.2, -0.15) is 0 Å². The third-order valence-electron chi connectivity index (χ3n) is 3.11. The van der Waals surface area contributed by atoms with Gasteiger partial charge >= 0.3 is 0 Å². The molecule has 0 aliphatic heterocycles. The molecule has 0 fully saturated rings. The molecule has 5 nitrogen and oxygen atoms in total. The van der Waals surface area contributed by atoms with Gasteiger partial charge in [-0.05, 0) is 24.7 Å². The van der Waals surface area contributed by atoms with E-state index in [0.29, 0.717) is 31.7 Å². The molecular formula is C15H34N2O3. The predicted octanol–water partition coefficient (Wildman–Crippen LogP) is 1.56. The molecule has 0 saturated heterocycles. The summed E-state index contributed by atoms with van der Waals surface area (Å²) in [6, 6.07) is 0. The summed E-state index contributed by atoms with van der Waals surface area (Å²) in [4.78, 5) is 3.85. The highest BCUT2D eigenvalue weighted by molar-refractivity contribution is 4.58. The van der Waals surface area contributed by atoms with E-state index in [-0.39, 0.29) is 13.5 Å². The lowest BCUT2D eigenvalue weighted by atomic mass is 10.1. The van der Waals surface area contributed by atoms with Crippen LogP contribution in [0.2, 0.25) is 0 Å². The Balaban J connectivity index is 3.81. The highest BCUT2D eigenvalue weighted by Gasteiger charge is 2.08. The fourth-order valence-electron chi connectivity index (χ4n) is 1.85. The average molecular weight is 290 g/mol. The molecule has 0 aliphatic rings. The number of hydrogen-bond acceptors (Lipinski definition) is 5. The van der Waals surface area contributed by atoms with Crippen LogP contribution >= 0.6 is 0 Å². The predicted molar refractivity (Wildman–Crippen MR) is 82.2 cm³/mol. The van der Waals surface area contributed by atoms with Crippen LogP contribution in [0.25, 0.3) is 0 Å². The van der Waals surface area contributed by atoms with Crippen molar-refractivity contribution in [2.24, 2.45) is 11.8 Å². The first kappa shape index (κ1) is 19.8. The normalized spacial score (nSPS) is 12.3. The smallest absolute Gasteiger partial charge is 0.101 e. The van der Waals surface area contributed by atoms with Gasteiger partial charge in [0.05, 0.1) is 20.1 Å². The number of nitrogens with zero attached hydrogens (tertiary/aromatic N) is 2. The third kappa shape index (κ3) is 11.6. The molecule has 0 radical (unpaired) electrons. The molecule has 0 aromatic carbocycles. The Labute approximate surface area is 124 Å². The van der Waals surface area contributed by atoms with Crippen molar-refractivity contribution in [1.29, 1.82) is 0 Å². The van der Waals surface area contributed by atoms with Gasteiger partial charge in [-0.3, -0.25) is 9.80 Å². The molecule has 0 amide bonds. The molecule has 0 aromatic heterocycles. The van der Waals surface area contributed by atoms with E-state index < -0.39 is 0 Å². The van der Waals surface area contributed by atoms with Crippen molar-refractivity contribution in [2.45, 2.75) is 40.5 Å².